The molecule has 5 heteroatoms. The van der Waals surface area contributed by atoms with E-state index in [0.717, 1.165) is 18.5 Å². The molecule has 17 heavy (non-hydrogen) atoms. The van der Waals surface area contributed by atoms with Crippen LogP contribution < -0.4 is 5.73 Å². The van der Waals surface area contributed by atoms with Crippen LogP contribution in [-0.2, 0) is 19.4 Å². The predicted molar refractivity (Wildman–Crippen MR) is 71.8 cm³/mol. The van der Waals surface area contributed by atoms with E-state index in [2.05, 4.69) is 31.1 Å². The molecule has 1 aromatic heterocycles. The minimum Gasteiger partial charge on any atom is -0.392 e. The Bertz CT molecular complexity index is 430. The van der Waals surface area contributed by atoms with Gasteiger partial charge in [0.15, 0.2) is 0 Å². The maximum absolute atomic E-state index is 5.56. The van der Waals surface area contributed by atoms with Crippen molar-refractivity contribution in [2.24, 2.45) is 17.1 Å². The topological polar surface area (TPSA) is 56.7 Å². The van der Waals surface area contributed by atoms with Crippen LogP contribution in [0.4, 0.5) is 0 Å². The van der Waals surface area contributed by atoms with Gasteiger partial charge >= 0.3 is 0 Å². The molecule has 0 amide bonds. The van der Waals surface area contributed by atoms with Gasteiger partial charge in [-0.1, -0.05) is 38.2 Å². The summed E-state index contributed by atoms with van der Waals surface area (Å²) in [6.45, 7) is 7.39. The molecule has 1 aliphatic carbocycles. The van der Waals surface area contributed by atoms with Crippen molar-refractivity contribution in [3.63, 3.8) is 0 Å². The summed E-state index contributed by atoms with van der Waals surface area (Å²) in [7, 11) is 0. The Labute approximate surface area is 108 Å². The molecule has 1 atom stereocenters. The Morgan fingerprint density at radius 1 is 1.53 bits per heavy atom. The van der Waals surface area contributed by atoms with Crippen molar-refractivity contribution in [2.75, 3.05) is 0 Å². The number of hydrogen-bond donors (Lipinski definition) is 1. The lowest BCUT2D eigenvalue weighted by atomic mass is 9.73. The van der Waals surface area contributed by atoms with Crippen LogP contribution >= 0.6 is 12.2 Å². The maximum atomic E-state index is 5.56. The molecule has 0 aliphatic heterocycles. The van der Waals surface area contributed by atoms with E-state index in [9.17, 15) is 0 Å². The summed E-state index contributed by atoms with van der Waals surface area (Å²) in [5, 5.41) is 8.42. The van der Waals surface area contributed by atoms with Crippen molar-refractivity contribution in [3.8, 4) is 0 Å². The highest BCUT2D eigenvalue weighted by Crippen LogP contribution is 2.36. The van der Waals surface area contributed by atoms with E-state index < -0.39 is 0 Å². The molecule has 0 saturated heterocycles. The molecule has 2 rings (SSSR count). The highest BCUT2D eigenvalue weighted by atomic mass is 32.1. The van der Waals surface area contributed by atoms with Crippen molar-refractivity contribution in [3.05, 3.63) is 11.4 Å². The molecular formula is C12H20N4S. The van der Waals surface area contributed by atoms with Crippen molar-refractivity contribution < 1.29 is 0 Å². The molecule has 0 fully saturated rings. The van der Waals surface area contributed by atoms with Gasteiger partial charge in [-0.05, 0) is 30.6 Å². The number of nitrogens with two attached hydrogens (primary N) is 1. The zero-order valence-electron chi connectivity index (χ0n) is 10.7. The molecule has 1 unspecified atom stereocenters. The number of rotatable bonds is 2. The van der Waals surface area contributed by atoms with Crippen LogP contribution in [0.1, 0.15) is 38.6 Å². The lowest BCUT2D eigenvalue weighted by Gasteiger charge is -2.33. The number of aromatic nitrogens is 3. The van der Waals surface area contributed by atoms with Crippen molar-refractivity contribution in [1.29, 1.82) is 0 Å². The van der Waals surface area contributed by atoms with Crippen molar-refractivity contribution >= 4 is 17.2 Å². The lowest BCUT2D eigenvalue weighted by molar-refractivity contribution is 0.213. The first-order chi connectivity index (χ1) is 7.88. The second-order valence-corrected chi connectivity index (χ2v) is 6.44. The maximum Gasteiger partial charge on any atom is 0.0946 e. The van der Waals surface area contributed by atoms with Gasteiger partial charge in [-0.25, -0.2) is 4.68 Å². The molecule has 0 radical (unpaired) electrons. The summed E-state index contributed by atoms with van der Waals surface area (Å²) < 4.78 is 1.86. The predicted octanol–water partition coefficient (Wildman–Crippen LogP) is 1.72. The zero-order chi connectivity index (χ0) is 12.6. The molecule has 0 saturated carbocycles. The molecule has 1 aliphatic rings. The van der Waals surface area contributed by atoms with Gasteiger partial charge in [-0.15, -0.1) is 5.10 Å². The van der Waals surface area contributed by atoms with Crippen LogP contribution in [-0.4, -0.2) is 20.0 Å². The fourth-order valence-corrected chi connectivity index (χ4v) is 2.58. The molecule has 0 spiro atoms. The van der Waals surface area contributed by atoms with Gasteiger partial charge in [-0.2, -0.15) is 0 Å². The molecule has 0 aromatic carbocycles. The Balaban J connectivity index is 2.18. The molecule has 1 aromatic rings. The van der Waals surface area contributed by atoms with Gasteiger partial charge < -0.3 is 5.73 Å². The Kier molecular flexibility index (Phi) is 3.21. The average molecular weight is 252 g/mol. The molecule has 0 bridgehead atoms. The first-order valence-electron chi connectivity index (χ1n) is 6.07. The number of thiocarbonyl (C=S) groups is 1. The van der Waals surface area contributed by atoms with Crippen molar-refractivity contribution in [2.45, 2.75) is 46.6 Å². The standard InChI is InChI=1S/C12H20N4S/c1-12(2,3)8-4-5-10-9(6-8)14-15-16(10)7-11(13)17/h8H,4-7H2,1-3H3,(H2,13,17). The minimum absolute atomic E-state index is 0.338. The summed E-state index contributed by atoms with van der Waals surface area (Å²) >= 11 is 4.92. The third kappa shape index (κ3) is 2.65. The van der Waals surface area contributed by atoms with Gasteiger partial charge in [0, 0.05) is 0 Å². The van der Waals surface area contributed by atoms with Gasteiger partial charge in [0.1, 0.15) is 0 Å². The van der Waals surface area contributed by atoms with Crippen LogP contribution in [0.5, 0.6) is 0 Å². The summed E-state index contributed by atoms with van der Waals surface area (Å²) in [4.78, 5) is 0.468. The first kappa shape index (κ1) is 12.5. The number of hydrogen-bond acceptors (Lipinski definition) is 3. The largest absolute Gasteiger partial charge is 0.392 e. The van der Waals surface area contributed by atoms with Crippen LogP contribution in [0.15, 0.2) is 0 Å². The quantitative estimate of drug-likeness (QED) is 0.814. The van der Waals surface area contributed by atoms with Crippen molar-refractivity contribution in [1.82, 2.24) is 15.0 Å². The second-order valence-electron chi connectivity index (χ2n) is 5.91. The smallest absolute Gasteiger partial charge is 0.0946 e. The highest BCUT2D eigenvalue weighted by molar-refractivity contribution is 7.80. The first-order valence-corrected chi connectivity index (χ1v) is 6.48. The van der Waals surface area contributed by atoms with Crippen LogP contribution in [0.2, 0.25) is 0 Å². The number of fused-ring (bicyclic) bond motifs is 1. The zero-order valence-corrected chi connectivity index (χ0v) is 11.5. The van der Waals surface area contributed by atoms with Gasteiger partial charge in [-0.3, -0.25) is 0 Å². The van der Waals surface area contributed by atoms with Crippen LogP contribution in [0.3, 0.4) is 0 Å². The Morgan fingerprint density at radius 3 is 2.82 bits per heavy atom. The third-order valence-corrected chi connectivity index (χ3v) is 3.75. The van der Waals surface area contributed by atoms with E-state index in [1.165, 1.54) is 12.1 Å². The SMILES string of the molecule is CC(C)(C)C1CCc2c(nnn2CC(N)=S)C1. The van der Waals surface area contributed by atoms with Gasteiger partial charge in [0.2, 0.25) is 0 Å². The third-order valence-electron chi connectivity index (χ3n) is 3.62. The summed E-state index contributed by atoms with van der Waals surface area (Å²) in [6.07, 6.45) is 3.25. The van der Waals surface area contributed by atoms with E-state index in [1.807, 2.05) is 4.68 Å². The second kappa shape index (κ2) is 4.37. The van der Waals surface area contributed by atoms with Gasteiger partial charge in [0.05, 0.1) is 22.9 Å². The number of nitrogens with zero attached hydrogens (tertiary/aromatic N) is 3. The summed E-state index contributed by atoms with van der Waals surface area (Å²) in [6, 6.07) is 0. The molecule has 2 N–H and O–H groups in total. The molecule has 4 nitrogen and oxygen atoms in total. The van der Waals surface area contributed by atoms with E-state index in [-0.39, 0.29) is 0 Å². The van der Waals surface area contributed by atoms with Crippen LogP contribution in [0.25, 0.3) is 0 Å². The summed E-state index contributed by atoms with van der Waals surface area (Å²) in [5.74, 6) is 0.685. The lowest BCUT2D eigenvalue weighted by Crippen LogP contribution is -2.28. The fraction of sp³-hybridized carbons (Fsp3) is 0.750. The molecule has 94 valence electrons. The average Bonchev–Trinajstić information content (AvgIpc) is 2.59. The van der Waals surface area contributed by atoms with E-state index in [4.69, 9.17) is 18.0 Å². The normalized spacial score (nSPS) is 20.1. The minimum atomic E-state index is 0.338. The Hall–Kier alpha value is -0.970. The van der Waals surface area contributed by atoms with Crippen LogP contribution in [0, 0.1) is 11.3 Å². The molecular weight excluding hydrogens is 232 g/mol. The summed E-state index contributed by atoms with van der Waals surface area (Å²) in [5.41, 5.74) is 8.25. The van der Waals surface area contributed by atoms with E-state index in [1.54, 1.807) is 0 Å². The Morgan fingerprint density at radius 2 is 2.24 bits per heavy atom. The molecule has 1 heterocycles. The highest BCUT2D eigenvalue weighted by Gasteiger charge is 2.31. The van der Waals surface area contributed by atoms with E-state index >= 15 is 0 Å². The monoisotopic (exact) mass is 252 g/mol. The van der Waals surface area contributed by atoms with E-state index in [0.29, 0.717) is 22.9 Å². The fourth-order valence-electron chi connectivity index (χ4n) is 2.46. The van der Waals surface area contributed by atoms with Gasteiger partial charge in [0.25, 0.3) is 0 Å².